The van der Waals surface area contributed by atoms with Crippen LogP contribution in [0.3, 0.4) is 0 Å². The van der Waals surface area contributed by atoms with Crippen molar-refractivity contribution in [3.05, 3.63) is 52.5 Å². The zero-order valence-electron chi connectivity index (χ0n) is 13.6. The first-order chi connectivity index (χ1) is 12.1. The number of halogens is 2. The van der Waals surface area contributed by atoms with Crippen molar-refractivity contribution in [2.75, 3.05) is 19.6 Å². The van der Waals surface area contributed by atoms with E-state index in [0.29, 0.717) is 31.5 Å². The largest absolute Gasteiger partial charge is 0.338 e. The highest BCUT2D eigenvalue weighted by Crippen LogP contribution is 2.70. The van der Waals surface area contributed by atoms with Crippen molar-refractivity contribution >= 4 is 17.4 Å². The van der Waals surface area contributed by atoms with Gasteiger partial charge in [0.15, 0.2) is 0 Å². The Kier molecular flexibility index (Phi) is 3.98. The normalized spacial score (nSPS) is 26.8. The number of thiazole rings is 1. The van der Waals surface area contributed by atoms with Gasteiger partial charge < -0.3 is 10.2 Å². The maximum Gasteiger partial charge on any atom is 0.317 e. The van der Waals surface area contributed by atoms with Gasteiger partial charge in [0.1, 0.15) is 0 Å². The van der Waals surface area contributed by atoms with Crippen LogP contribution in [-0.4, -0.2) is 41.5 Å². The molecule has 1 saturated carbocycles. The van der Waals surface area contributed by atoms with E-state index in [0.717, 1.165) is 5.69 Å². The number of urea groups is 1. The quantitative estimate of drug-likeness (QED) is 0.906. The van der Waals surface area contributed by atoms with Crippen LogP contribution in [0.4, 0.5) is 13.6 Å². The maximum absolute atomic E-state index is 14.6. The number of nitrogens with one attached hydrogen (secondary N) is 1. The lowest BCUT2D eigenvalue weighted by molar-refractivity contribution is 0.0776. The van der Waals surface area contributed by atoms with E-state index in [1.807, 2.05) is 11.4 Å². The van der Waals surface area contributed by atoms with Gasteiger partial charge in [-0.05, 0) is 12.0 Å². The third-order valence-electron chi connectivity index (χ3n) is 5.44. The molecule has 25 heavy (non-hydrogen) atoms. The number of carbonyl (C=O) groups excluding carboxylic acids is 1. The third kappa shape index (κ3) is 2.61. The second-order valence-corrected chi connectivity index (χ2v) is 7.39. The monoisotopic (exact) mass is 363 g/mol. The molecule has 2 heterocycles. The number of hydrogen-bond donors (Lipinski definition) is 1. The van der Waals surface area contributed by atoms with Crippen molar-refractivity contribution in [2.24, 2.45) is 5.92 Å². The standard InChI is InChI=1S/C18H19F2N3OS/c19-18(20)15-10-23(16(24)21-8-6-14-11-25-12-22-14)9-7-17(15,18)13-4-2-1-3-5-13/h1-5,11-12,15H,6-10H2,(H,21,24). The van der Waals surface area contributed by atoms with Crippen molar-refractivity contribution in [3.8, 4) is 0 Å². The lowest BCUT2D eigenvalue weighted by Crippen LogP contribution is -2.46. The Balaban J connectivity index is 1.38. The number of aromatic nitrogens is 1. The first-order valence-electron chi connectivity index (χ1n) is 8.39. The van der Waals surface area contributed by atoms with E-state index in [1.165, 1.54) is 16.2 Å². The van der Waals surface area contributed by atoms with Gasteiger partial charge in [-0.3, -0.25) is 0 Å². The van der Waals surface area contributed by atoms with Crippen LogP contribution in [0, 0.1) is 5.92 Å². The van der Waals surface area contributed by atoms with Crippen molar-refractivity contribution < 1.29 is 13.6 Å². The molecule has 2 fully saturated rings. The molecule has 2 aromatic rings. The van der Waals surface area contributed by atoms with Crippen LogP contribution >= 0.6 is 11.3 Å². The zero-order valence-corrected chi connectivity index (χ0v) is 14.4. The molecule has 1 aliphatic carbocycles. The number of hydrogen-bond acceptors (Lipinski definition) is 3. The highest BCUT2D eigenvalue weighted by molar-refractivity contribution is 7.07. The van der Waals surface area contributed by atoms with Crippen LogP contribution < -0.4 is 5.32 Å². The molecule has 1 saturated heterocycles. The van der Waals surface area contributed by atoms with E-state index in [2.05, 4.69) is 10.3 Å². The summed E-state index contributed by atoms with van der Waals surface area (Å²) in [6.07, 6.45) is 0.949. The van der Waals surface area contributed by atoms with E-state index in [-0.39, 0.29) is 12.6 Å². The number of alkyl halides is 2. The lowest BCUT2D eigenvalue weighted by atomic mass is 9.87. The number of nitrogens with zero attached hydrogens (tertiary/aromatic N) is 2. The number of fused-ring (bicyclic) bond motifs is 1. The molecule has 1 aliphatic heterocycles. The van der Waals surface area contributed by atoms with Crippen molar-refractivity contribution in [1.82, 2.24) is 15.2 Å². The fourth-order valence-electron chi connectivity index (χ4n) is 4.00. The van der Waals surface area contributed by atoms with Crippen LogP contribution in [0.25, 0.3) is 0 Å². The Bertz CT molecular complexity index is 753. The van der Waals surface area contributed by atoms with E-state index in [1.54, 1.807) is 29.8 Å². The molecular formula is C18H19F2N3OS. The summed E-state index contributed by atoms with van der Waals surface area (Å²) in [5.74, 6) is -3.54. The molecule has 132 valence electrons. The first kappa shape index (κ1) is 16.4. The summed E-state index contributed by atoms with van der Waals surface area (Å²) in [6.45, 7) is 0.915. The van der Waals surface area contributed by atoms with E-state index in [9.17, 15) is 13.6 Å². The van der Waals surface area contributed by atoms with Crippen LogP contribution in [0.1, 0.15) is 17.7 Å². The molecule has 4 nitrogen and oxygen atoms in total. The predicted molar refractivity (Wildman–Crippen MR) is 92.0 cm³/mol. The molecule has 1 N–H and O–H groups in total. The van der Waals surface area contributed by atoms with Gasteiger partial charge in [-0.1, -0.05) is 30.3 Å². The number of rotatable bonds is 4. The maximum atomic E-state index is 14.6. The third-order valence-corrected chi connectivity index (χ3v) is 6.08. The van der Waals surface area contributed by atoms with Gasteiger partial charge in [-0.2, -0.15) is 0 Å². The average Bonchev–Trinajstić information content (AvgIpc) is 2.95. The summed E-state index contributed by atoms with van der Waals surface area (Å²) in [5.41, 5.74) is 2.28. The summed E-state index contributed by atoms with van der Waals surface area (Å²) < 4.78 is 29.1. The molecule has 2 unspecified atom stereocenters. The molecule has 0 radical (unpaired) electrons. The van der Waals surface area contributed by atoms with Gasteiger partial charge in [0.2, 0.25) is 0 Å². The fraction of sp³-hybridized carbons (Fsp3) is 0.444. The van der Waals surface area contributed by atoms with Crippen molar-refractivity contribution in [1.29, 1.82) is 0 Å². The Morgan fingerprint density at radius 1 is 1.36 bits per heavy atom. The van der Waals surface area contributed by atoms with Gasteiger partial charge in [-0.15, -0.1) is 11.3 Å². The van der Waals surface area contributed by atoms with Crippen LogP contribution in [-0.2, 0) is 11.8 Å². The summed E-state index contributed by atoms with van der Waals surface area (Å²) in [5, 5.41) is 4.75. The van der Waals surface area contributed by atoms with Crippen molar-refractivity contribution in [3.63, 3.8) is 0 Å². The average molecular weight is 363 g/mol. The molecular weight excluding hydrogens is 344 g/mol. The summed E-state index contributed by atoms with van der Waals surface area (Å²) in [7, 11) is 0. The second kappa shape index (κ2) is 6.05. The predicted octanol–water partition coefficient (Wildman–Crippen LogP) is 3.30. The SMILES string of the molecule is O=C(NCCc1cscn1)N1CCC2(c3ccccc3)C(C1)C2(F)F. The van der Waals surface area contributed by atoms with Crippen molar-refractivity contribution in [2.45, 2.75) is 24.2 Å². The topological polar surface area (TPSA) is 45.2 Å². The molecule has 1 aromatic carbocycles. The first-order valence-corrected chi connectivity index (χ1v) is 9.33. The molecule has 2 aliphatic rings. The minimum absolute atomic E-state index is 0.102. The minimum Gasteiger partial charge on any atom is -0.338 e. The smallest absolute Gasteiger partial charge is 0.317 e. The van der Waals surface area contributed by atoms with Crippen LogP contribution in [0.15, 0.2) is 41.2 Å². The fourth-order valence-corrected chi connectivity index (χ4v) is 4.59. The Morgan fingerprint density at radius 3 is 2.84 bits per heavy atom. The van der Waals surface area contributed by atoms with E-state index < -0.39 is 17.3 Å². The van der Waals surface area contributed by atoms with Crippen LogP contribution in [0.2, 0.25) is 0 Å². The summed E-state index contributed by atoms with van der Waals surface area (Å²) in [6, 6.07) is 8.72. The van der Waals surface area contributed by atoms with Crippen LogP contribution in [0.5, 0.6) is 0 Å². The summed E-state index contributed by atoms with van der Waals surface area (Å²) in [4.78, 5) is 18.0. The van der Waals surface area contributed by atoms with Gasteiger partial charge in [0, 0.05) is 31.4 Å². The van der Waals surface area contributed by atoms with E-state index in [4.69, 9.17) is 0 Å². The molecule has 2 atom stereocenters. The molecule has 0 bridgehead atoms. The van der Waals surface area contributed by atoms with Gasteiger partial charge in [0.25, 0.3) is 5.92 Å². The Labute approximate surface area is 148 Å². The number of piperidine rings is 1. The molecule has 0 spiro atoms. The minimum atomic E-state index is -2.75. The highest BCUT2D eigenvalue weighted by atomic mass is 32.1. The van der Waals surface area contributed by atoms with E-state index >= 15 is 0 Å². The van der Waals surface area contributed by atoms with Gasteiger partial charge in [-0.25, -0.2) is 18.6 Å². The molecule has 4 rings (SSSR count). The lowest BCUT2D eigenvalue weighted by Gasteiger charge is -2.30. The summed E-state index contributed by atoms with van der Waals surface area (Å²) >= 11 is 1.51. The number of amides is 2. The number of likely N-dealkylation sites (tertiary alicyclic amines) is 1. The number of carbonyl (C=O) groups is 1. The molecule has 2 amide bonds. The second-order valence-electron chi connectivity index (χ2n) is 6.67. The van der Waals surface area contributed by atoms with Gasteiger partial charge in [0.05, 0.1) is 22.5 Å². The molecule has 1 aromatic heterocycles. The Hall–Kier alpha value is -2.02. The Morgan fingerprint density at radius 2 is 2.16 bits per heavy atom. The highest BCUT2D eigenvalue weighted by Gasteiger charge is 2.81. The zero-order chi connectivity index (χ0) is 17.5. The molecule has 7 heteroatoms. The number of benzene rings is 1. The van der Waals surface area contributed by atoms with Gasteiger partial charge >= 0.3 is 6.03 Å².